The lowest BCUT2D eigenvalue weighted by Crippen LogP contribution is -2.46. The molecule has 1 fully saturated rings. The van der Waals surface area contributed by atoms with E-state index >= 15 is 0 Å². The Morgan fingerprint density at radius 3 is 2.65 bits per heavy atom. The second-order valence-corrected chi connectivity index (χ2v) is 7.01. The van der Waals surface area contributed by atoms with Gasteiger partial charge in [0, 0.05) is 26.2 Å². The number of sulfonamides is 1. The van der Waals surface area contributed by atoms with Gasteiger partial charge in [0.1, 0.15) is 0 Å². The molecular formula is C14H22N2O3S. The molecule has 1 aromatic rings. The first-order valence-corrected chi connectivity index (χ1v) is 8.27. The van der Waals surface area contributed by atoms with Gasteiger partial charge in [-0.2, -0.15) is 4.31 Å². The molecule has 0 aliphatic carbocycles. The second kappa shape index (κ2) is 6.67. The number of hydrogen-bond donors (Lipinski definition) is 1. The molecule has 2 rings (SSSR count). The first kappa shape index (κ1) is 15.4. The number of methoxy groups -OCH3 is 1. The van der Waals surface area contributed by atoms with Gasteiger partial charge in [-0.15, -0.1) is 0 Å². The van der Waals surface area contributed by atoms with Crippen molar-refractivity contribution in [2.75, 3.05) is 27.2 Å². The van der Waals surface area contributed by atoms with Gasteiger partial charge in [-0.1, -0.05) is 12.1 Å². The van der Waals surface area contributed by atoms with E-state index in [1.165, 1.54) is 0 Å². The van der Waals surface area contributed by atoms with Crippen molar-refractivity contribution in [3.63, 3.8) is 0 Å². The summed E-state index contributed by atoms with van der Waals surface area (Å²) in [5, 5.41) is 3.16. The summed E-state index contributed by atoms with van der Waals surface area (Å²) in [5.41, 5.74) is 0.971. The molecule has 0 bridgehead atoms. The molecule has 0 aromatic heterocycles. The molecule has 0 amide bonds. The minimum absolute atomic E-state index is 0.242. The molecule has 1 unspecified atom stereocenters. The van der Waals surface area contributed by atoms with Crippen LogP contribution in [0.25, 0.3) is 0 Å². The maximum atomic E-state index is 12.6. The molecule has 1 aliphatic rings. The van der Waals surface area contributed by atoms with Gasteiger partial charge in [-0.3, -0.25) is 0 Å². The monoisotopic (exact) mass is 298 g/mol. The van der Waals surface area contributed by atoms with Crippen LogP contribution in [0.3, 0.4) is 0 Å². The Kier molecular flexibility index (Phi) is 5.15. The van der Waals surface area contributed by atoms with Crippen molar-refractivity contribution in [3.8, 4) is 0 Å². The lowest BCUT2D eigenvalue weighted by atomic mass is 10.1. The third-order valence-corrected chi connectivity index (χ3v) is 5.54. The largest absolute Gasteiger partial charge is 0.380 e. The Morgan fingerprint density at radius 1 is 1.35 bits per heavy atom. The predicted octanol–water partition coefficient (Wildman–Crippen LogP) is 1.21. The maximum absolute atomic E-state index is 12.6. The van der Waals surface area contributed by atoms with Crippen LogP contribution in [0.2, 0.25) is 0 Å². The summed E-state index contributed by atoms with van der Waals surface area (Å²) >= 11 is 0. The van der Waals surface area contributed by atoms with Gasteiger partial charge in [0.2, 0.25) is 10.0 Å². The highest BCUT2D eigenvalue weighted by Gasteiger charge is 2.29. The first-order valence-electron chi connectivity index (χ1n) is 6.83. The summed E-state index contributed by atoms with van der Waals surface area (Å²) < 4.78 is 31.8. The SMILES string of the molecule is CNC1CCCN(S(=O)(=O)c2ccc(COC)cc2)C1. The summed E-state index contributed by atoms with van der Waals surface area (Å²) in [6.45, 7) is 1.63. The zero-order chi connectivity index (χ0) is 14.6. The average molecular weight is 298 g/mol. The van der Waals surface area contributed by atoms with Crippen molar-refractivity contribution in [2.24, 2.45) is 0 Å². The Hall–Kier alpha value is -0.950. The third-order valence-electron chi connectivity index (χ3n) is 3.66. The van der Waals surface area contributed by atoms with Crippen molar-refractivity contribution < 1.29 is 13.2 Å². The Morgan fingerprint density at radius 2 is 2.05 bits per heavy atom. The number of nitrogens with zero attached hydrogens (tertiary/aromatic N) is 1. The fraction of sp³-hybridized carbons (Fsp3) is 0.571. The van der Waals surface area contributed by atoms with E-state index in [2.05, 4.69) is 5.32 Å². The zero-order valence-electron chi connectivity index (χ0n) is 12.0. The number of piperidine rings is 1. The van der Waals surface area contributed by atoms with Crippen LogP contribution >= 0.6 is 0 Å². The van der Waals surface area contributed by atoms with Gasteiger partial charge in [-0.25, -0.2) is 8.42 Å². The molecule has 0 spiro atoms. The standard InChI is InChI=1S/C14H22N2O3S/c1-15-13-4-3-9-16(10-13)20(17,18)14-7-5-12(6-8-14)11-19-2/h5-8,13,15H,3-4,9-11H2,1-2H3. The fourth-order valence-corrected chi connectivity index (χ4v) is 3.99. The third kappa shape index (κ3) is 3.38. The Balaban J connectivity index is 2.16. The van der Waals surface area contributed by atoms with E-state index in [0.29, 0.717) is 24.6 Å². The normalized spacial score (nSPS) is 21.0. The predicted molar refractivity (Wildman–Crippen MR) is 78.0 cm³/mol. The summed E-state index contributed by atoms with van der Waals surface area (Å²) in [6.07, 6.45) is 1.92. The zero-order valence-corrected chi connectivity index (χ0v) is 12.8. The fourth-order valence-electron chi connectivity index (χ4n) is 2.47. The number of ether oxygens (including phenoxy) is 1. The highest BCUT2D eigenvalue weighted by atomic mass is 32.2. The van der Waals surface area contributed by atoms with E-state index in [1.807, 2.05) is 7.05 Å². The van der Waals surface area contributed by atoms with E-state index in [0.717, 1.165) is 18.4 Å². The van der Waals surface area contributed by atoms with E-state index in [-0.39, 0.29) is 6.04 Å². The van der Waals surface area contributed by atoms with Crippen molar-refractivity contribution in [1.82, 2.24) is 9.62 Å². The Labute approximate surface area is 121 Å². The van der Waals surface area contributed by atoms with E-state index in [9.17, 15) is 8.42 Å². The molecule has 0 radical (unpaired) electrons. The second-order valence-electron chi connectivity index (χ2n) is 5.07. The number of rotatable bonds is 5. The van der Waals surface area contributed by atoms with E-state index in [4.69, 9.17) is 4.74 Å². The van der Waals surface area contributed by atoms with Crippen LogP contribution in [0, 0.1) is 0 Å². The quantitative estimate of drug-likeness (QED) is 0.887. The lowest BCUT2D eigenvalue weighted by Gasteiger charge is -2.31. The van der Waals surface area contributed by atoms with E-state index < -0.39 is 10.0 Å². The van der Waals surface area contributed by atoms with Gasteiger partial charge in [-0.05, 0) is 37.6 Å². The molecule has 1 aliphatic heterocycles. The molecule has 0 saturated carbocycles. The number of nitrogens with one attached hydrogen (secondary N) is 1. The van der Waals surface area contributed by atoms with Crippen LogP contribution in [-0.2, 0) is 21.4 Å². The van der Waals surface area contributed by atoms with Gasteiger partial charge in [0.05, 0.1) is 11.5 Å². The van der Waals surface area contributed by atoms with Crippen molar-refractivity contribution in [3.05, 3.63) is 29.8 Å². The van der Waals surface area contributed by atoms with Crippen LogP contribution in [0.4, 0.5) is 0 Å². The smallest absolute Gasteiger partial charge is 0.243 e. The van der Waals surface area contributed by atoms with Gasteiger partial charge < -0.3 is 10.1 Å². The number of benzene rings is 1. The average Bonchev–Trinajstić information content (AvgIpc) is 2.48. The molecule has 1 saturated heterocycles. The van der Waals surface area contributed by atoms with Crippen molar-refractivity contribution in [2.45, 2.75) is 30.4 Å². The molecule has 5 nitrogen and oxygen atoms in total. The molecule has 6 heteroatoms. The van der Waals surface area contributed by atoms with E-state index in [1.54, 1.807) is 35.7 Å². The summed E-state index contributed by atoms with van der Waals surface area (Å²) in [4.78, 5) is 0.356. The minimum atomic E-state index is -3.38. The number of hydrogen-bond acceptors (Lipinski definition) is 4. The van der Waals surface area contributed by atoms with Crippen molar-refractivity contribution >= 4 is 10.0 Å². The molecule has 112 valence electrons. The molecule has 1 heterocycles. The van der Waals surface area contributed by atoms with Crippen LogP contribution in [-0.4, -0.2) is 46.0 Å². The minimum Gasteiger partial charge on any atom is -0.380 e. The maximum Gasteiger partial charge on any atom is 0.243 e. The van der Waals surface area contributed by atoms with Gasteiger partial charge >= 0.3 is 0 Å². The van der Waals surface area contributed by atoms with Gasteiger partial charge in [0.25, 0.3) is 0 Å². The molecule has 1 N–H and O–H groups in total. The summed E-state index contributed by atoms with van der Waals surface area (Å²) in [5.74, 6) is 0. The summed E-state index contributed by atoms with van der Waals surface area (Å²) in [6, 6.07) is 7.16. The molecular weight excluding hydrogens is 276 g/mol. The van der Waals surface area contributed by atoms with Crippen molar-refractivity contribution in [1.29, 1.82) is 0 Å². The molecule has 1 aromatic carbocycles. The van der Waals surface area contributed by atoms with Crippen LogP contribution in [0.1, 0.15) is 18.4 Å². The van der Waals surface area contributed by atoms with Crippen LogP contribution in [0.5, 0.6) is 0 Å². The van der Waals surface area contributed by atoms with Gasteiger partial charge in [0.15, 0.2) is 0 Å². The topological polar surface area (TPSA) is 58.6 Å². The van der Waals surface area contributed by atoms with Crippen LogP contribution < -0.4 is 5.32 Å². The van der Waals surface area contributed by atoms with Crippen LogP contribution in [0.15, 0.2) is 29.2 Å². The molecule has 20 heavy (non-hydrogen) atoms. The lowest BCUT2D eigenvalue weighted by molar-refractivity contribution is 0.185. The molecule has 1 atom stereocenters. The highest BCUT2D eigenvalue weighted by molar-refractivity contribution is 7.89. The highest BCUT2D eigenvalue weighted by Crippen LogP contribution is 2.21. The number of likely N-dealkylation sites (N-methyl/N-ethyl adjacent to an activating group) is 1. The first-order chi connectivity index (χ1) is 9.57. The summed E-state index contributed by atoms with van der Waals surface area (Å²) in [7, 11) is 0.112. The Bertz CT molecular complexity index is 528.